The highest BCUT2D eigenvalue weighted by Gasteiger charge is 2.10. The monoisotopic (exact) mass is 253 g/mol. The Bertz CT molecular complexity index is 419. The molecule has 0 bridgehead atoms. The predicted molar refractivity (Wildman–Crippen MR) is 65.4 cm³/mol. The van der Waals surface area contributed by atoms with Crippen molar-refractivity contribution in [3.63, 3.8) is 0 Å². The van der Waals surface area contributed by atoms with Crippen molar-refractivity contribution in [2.24, 2.45) is 0 Å². The lowest BCUT2D eigenvalue weighted by atomic mass is 10.3. The number of carbonyl (C=O) groups excluding carboxylic acids is 1. The van der Waals surface area contributed by atoms with Crippen LogP contribution in [-0.2, 0) is 9.53 Å². The summed E-state index contributed by atoms with van der Waals surface area (Å²) in [4.78, 5) is 26.5. The fraction of sp³-hybridized carbons (Fsp3) is 0.455. The highest BCUT2D eigenvalue weighted by molar-refractivity contribution is 5.70. The Morgan fingerprint density at radius 1 is 1.56 bits per heavy atom. The largest absolute Gasteiger partial charge is 0.466 e. The molecule has 0 N–H and O–H groups in total. The molecule has 18 heavy (non-hydrogen) atoms. The molecule has 98 valence electrons. The lowest BCUT2D eigenvalue weighted by Gasteiger charge is -2.16. The fourth-order valence-electron chi connectivity index (χ4n) is 1.33. The summed E-state index contributed by atoms with van der Waals surface area (Å²) < 4.78 is 4.81. The minimum atomic E-state index is -0.553. The second-order valence-electron chi connectivity index (χ2n) is 3.61. The van der Waals surface area contributed by atoms with Crippen LogP contribution < -0.4 is 4.90 Å². The van der Waals surface area contributed by atoms with Crippen LogP contribution in [0.4, 0.5) is 11.5 Å². The summed E-state index contributed by atoms with van der Waals surface area (Å²) in [6.45, 7) is 2.59. The van der Waals surface area contributed by atoms with Crippen LogP contribution in [-0.4, -0.2) is 36.1 Å². The Hall–Kier alpha value is -2.18. The predicted octanol–water partition coefficient (Wildman–Crippen LogP) is 1.38. The van der Waals surface area contributed by atoms with Crippen molar-refractivity contribution in [2.75, 3.05) is 25.1 Å². The van der Waals surface area contributed by atoms with Crippen LogP contribution in [0.2, 0.25) is 0 Å². The Kier molecular flexibility index (Phi) is 5.04. The summed E-state index contributed by atoms with van der Waals surface area (Å²) >= 11 is 0. The van der Waals surface area contributed by atoms with Crippen LogP contribution in [0, 0.1) is 10.1 Å². The molecule has 0 saturated heterocycles. The van der Waals surface area contributed by atoms with Crippen LogP contribution in [0.25, 0.3) is 0 Å². The zero-order valence-corrected chi connectivity index (χ0v) is 10.3. The van der Waals surface area contributed by atoms with Gasteiger partial charge in [-0.15, -0.1) is 0 Å². The van der Waals surface area contributed by atoms with Gasteiger partial charge in [-0.25, -0.2) is 0 Å². The Labute approximate surface area is 105 Å². The number of nitro groups is 1. The van der Waals surface area contributed by atoms with Gasteiger partial charge >= 0.3 is 11.8 Å². The molecule has 1 aromatic heterocycles. The van der Waals surface area contributed by atoms with E-state index in [-0.39, 0.29) is 18.2 Å². The number of ether oxygens (including phenoxy) is 1. The van der Waals surface area contributed by atoms with Gasteiger partial charge in [0.1, 0.15) is 0 Å². The van der Waals surface area contributed by atoms with Crippen LogP contribution in [0.15, 0.2) is 18.3 Å². The molecule has 0 aliphatic heterocycles. The van der Waals surface area contributed by atoms with E-state index >= 15 is 0 Å². The smallest absolute Gasteiger partial charge is 0.363 e. The number of nitrogens with zero attached hydrogens (tertiary/aromatic N) is 3. The molecule has 1 rings (SSSR count). The van der Waals surface area contributed by atoms with Gasteiger partial charge in [0.15, 0.2) is 6.20 Å². The highest BCUT2D eigenvalue weighted by atomic mass is 16.6. The van der Waals surface area contributed by atoms with E-state index in [9.17, 15) is 14.9 Å². The zero-order valence-electron chi connectivity index (χ0n) is 10.3. The number of hydrogen-bond acceptors (Lipinski definition) is 6. The molecular formula is C11H15N3O4. The average molecular weight is 253 g/mol. The number of esters is 1. The van der Waals surface area contributed by atoms with Gasteiger partial charge in [0.25, 0.3) is 0 Å². The van der Waals surface area contributed by atoms with Crippen molar-refractivity contribution in [2.45, 2.75) is 13.3 Å². The van der Waals surface area contributed by atoms with Gasteiger partial charge in [0.2, 0.25) is 0 Å². The summed E-state index contributed by atoms with van der Waals surface area (Å²) in [5, 5.41) is 10.4. The summed E-state index contributed by atoms with van der Waals surface area (Å²) in [5.74, 6) is -0.461. The number of pyridine rings is 1. The van der Waals surface area contributed by atoms with E-state index in [1.165, 1.54) is 12.3 Å². The molecule has 7 nitrogen and oxygen atoms in total. The topological polar surface area (TPSA) is 85.6 Å². The van der Waals surface area contributed by atoms with E-state index in [1.54, 1.807) is 24.9 Å². The van der Waals surface area contributed by atoms with Crippen LogP contribution in [0.5, 0.6) is 0 Å². The van der Waals surface area contributed by atoms with Crippen molar-refractivity contribution >= 4 is 17.5 Å². The minimum Gasteiger partial charge on any atom is -0.466 e. The SMILES string of the molecule is CCOC(=O)CCN(C)c1ccc([N+](=O)[O-])nc1. The molecular weight excluding hydrogens is 238 g/mol. The molecule has 0 fully saturated rings. The average Bonchev–Trinajstić information content (AvgIpc) is 2.36. The Morgan fingerprint density at radius 2 is 2.28 bits per heavy atom. The van der Waals surface area contributed by atoms with Gasteiger partial charge in [-0.05, 0) is 22.9 Å². The van der Waals surface area contributed by atoms with Crippen LogP contribution in [0.1, 0.15) is 13.3 Å². The standard InChI is InChI=1S/C11H15N3O4/c1-3-18-11(15)6-7-13(2)9-4-5-10(12-8-9)14(16)17/h4-5,8H,3,6-7H2,1-2H3. The van der Waals surface area contributed by atoms with Crippen LogP contribution in [0.3, 0.4) is 0 Å². The Balaban J connectivity index is 2.53. The number of hydrogen-bond donors (Lipinski definition) is 0. The van der Waals surface area contributed by atoms with Gasteiger partial charge in [-0.3, -0.25) is 4.79 Å². The number of carbonyl (C=O) groups is 1. The normalized spacial score (nSPS) is 9.89. The molecule has 0 unspecified atom stereocenters. The first-order chi connectivity index (χ1) is 8.54. The van der Waals surface area contributed by atoms with E-state index in [2.05, 4.69) is 4.98 Å². The van der Waals surface area contributed by atoms with Gasteiger partial charge < -0.3 is 19.8 Å². The molecule has 0 aromatic carbocycles. The van der Waals surface area contributed by atoms with E-state index in [1.807, 2.05) is 0 Å². The fourth-order valence-corrected chi connectivity index (χ4v) is 1.33. The molecule has 0 spiro atoms. The molecule has 1 aromatic rings. The maximum Gasteiger partial charge on any atom is 0.363 e. The first-order valence-corrected chi connectivity index (χ1v) is 5.51. The second-order valence-corrected chi connectivity index (χ2v) is 3.61. The number of rotatable bonds is 6. The lowest BCUT2D eigenvalue weighted by Crippen LogP contribution is -2.22. The van der Waals surface area contributed by atoms with Gasteiger partial charge in [0, 0.05) is 19.7 Å². The molecule has 0 saturated carbocycles. The van der Waals surface area contributed by atoms with Gasteiger partial charge in [-0.1, -0.05) is 0 Å². The van der Waals surface area contributed by atoms with Crippen molar-refractivity contribution in [1.29, 1.82) is 0 Å². The summed E-state index contributed by atoms with van der Waals surface area (Å²) in [6.07, 6.45) is 1.67. The number of anilines is 1. The van der Waals surface area contributed by atoms with Crippen molar-refractivity contribution in [3.8, 4) is 0 Å². The maximum absolute atomic E-state index is 11.2. The lowest BCUT2D eigenvalue weighted by molar-refractivity contribution is -0.389. The molecule has 1 heterocycles. The first-order valence-electron chi connectivity index (χ1n) is 5.51. The molecule has 0 atom stereocenters. The third kappa shape index (κ3) is 4.00. The highest BCUT2D eigenvalue weighted by Crippen LogP contribution is 2.15. The molecule has 0 aliphatic rings. The van der Waals surface area contributed by atoms with E-state index in [0.29, 0.717) is 18.8 Å². The first kappa shape index (κ1) is 13.9. The Morgan fingerprint density at radius 3 is 2.78 bits per heavy atom. The third-order valence-corrected chi connectivity index (χ3v) is 2.32. The maximum atomic E-state index is 11.2. The van der Waals surface area contributed by atoms with E-state index < -0.39 is 4.92 Å². The third-order valence-electron chi connectivity index (χ3n) is 2.32. The van der Waals surface area contributed by atoms with Gasteiger partial charge in [0.05, 0.1) is 18.7 Å². The molecule has 0 aliphatic carbocycles. The minimum absolute atomic E-state index is 0.197. The van der Waals surface area contributed by atoms with Gasteiger partial charge in [-0.2, -0.15) is 0 Å². The van der Waals surface area contributed by atoms with E-state index in [4.69, 9.17) is 4.74 Å². The summed E-state index contributed by atoms with van der Waals surface area (Å²) in [5.41, 5.74) is 0.713. The number of aromatic nitrogens is 1. The second kappa shape index (κ2) is 6.53. The van der Waals surface area contributed by atoms with Crippen molar-refractivity contribution < 1.29 is 14.5 Å². The van der Waals surface area contributed by atoms with Crippen molar-refractivity contribution in [1.82, 2.24) is 4.98 Å². The summed E-state index contributed by atoms with van der Waals surface area (Å²) in [7, 11) is 1.78. The quantitative estimate of drug-likeness (QED) is 0.432. The molecule has 0 radical (unpaired) electrons. The van der Waals surface area contributed by atoms with Crippen LogP contribution >= 0.6 is 0 Å². The van der Waals surface area contributed by atoms with E-state index in [0.717, 1.165) is 0 Å². The summed E-state index contributed by atoms with van der Waals surface area (Å²) in [6, 6.07) is 2.92. The molecule has 0 amide bonds. The van der Waals surface area contributed by atoms with Crippen molar-refractivity contribution in [3.05, 3.63) is 28.4 Å². The molecule has 7 heteroatoms. The zero-order chi connectivity index (χ0) is 13.5.